The Hall–Kier alpha value is -2.27. The standard InChI is InChI=1S/C17H23N3O2/c1-3-10-20(11-12-21)17(22)18-9-8-14-13(2)19-16-7-5-4-6-15(14)16/h3-7,19,21H,1,8-12H2,2H3,(H,18,22). The third-order valence-corrected chi connectivity index (χ3v) is 3.68. The van der Waals surface area contributed by atoms with Crippen LogP contribution in [-0.2, 0) is 6.42 Å². The van der Waals surface area contributed by atoms with Crippen molar-refractivity contribution in [3.63, 3.8) is 0 Å². The number of aromatic nitrogens is 1. The molecule has 0 atom stereocenters. The lowest BCUT2D eigenvalue weighted by Gasteiger charge is -2.20. The van der Waals surface area contributed by atoms with Crippen molar-refractivity contribution in [2.75, 3.05) is 26.2 Å². The molecule has 0 unspecified atom stereocenters. The summed E-state index contributed by atoms with van der Waals surface area (Å²) in [5.41, 5.74) is 3.48. The van der Waals surface area contributed by atoms with Crippen LogP contribution in [0.3, 0.4) is 0 Å². The maximum atomic E-state index is 12.0. The topological polar surface area (TPSA) is 68.4 Å². The molecule has 22 heavy (non-hydrogen) atoms. The van der Waals surface area contributed by atoms with Crippen LogP contribution in [0.4, 0.5) is 4.79 Å². The zero-order valence-electron chi connectivity index (χ0n) is 12.9. The number of para-hydroxylation sites is 1. The van der Waals surface area contributed by atoms with Crippen molar-refractivity contribution in [3.05, 3.63) is 48.2 Å². The number of nitrogens with zero attached hydrogens (tertiary/aromatic N) is 1. The molecule has 5 heteroatoms. The lowest BCUT2D eigenvalue weighted by molar-refractivity contribution is 0.184. The number of fused-ring (bicyclic) bond motifs is 1. The molecule has 5 nitrogen and oxygen atoms in total. The number of benzene rings is 1. The molecule has 0 spiro atoms. The SMILES string of the molecule is C=CCN(CCO)C(=O)NCCc1c(C)[nH]c2ccccc12. The van der Waals surface area contributed by atoms with E-state index >= 15 is 0 Å². The quantitative estimate of drug-likeness (QED) is 0.686. The lowest BCUT2D eigenvalue weighted by Crippen LogP contribution is -2.42. The summed E-state index contributed by atoms with van der Waals surface area (Å²) in [5, 5.41) is 13.1. The summed E-state index contributed by atoms with van der Waals surface area (Å²) in [6.07, 6.45) is 2.42. The van der Waals surface area contributed by atoms with Crippen LogP contribution in [0.1, 0.15) is 11.3 Å². The largest absolute Gasteiger partial charge is 0.395 e. The van der Waals surface area contributed by atoms with Crippen molar-refractivity contribution in [3.8, 4) is 0 Å². The fraction of sp³-hybridized carbons (Fsp3) is 0.353. The molecule has 0 saturated carbocycles. The molecule has 2 rings (SSSR count). The van der Waals surface area contributed by atoms with Crippen molar-refractivity contribution in [1.29, 1.82) is 0 Å². The van der Waals surface area contributed by atoms with E-state index in [4.69, 9.17) is 5.11 Å². The van der Waals surface area contributed by atoms with Crippen LogP contribution in [0.2, 0.25) is 0 Å². The van der Waals surface area contributed by atoms with Gasteiger partial charge in [-0.1, -0.05) is 24.3 Å². The van der Waals surface area contributed by atoms with E-state index < -0.39 is 0 Å². The van der Waals surface area contributed by atoms with Crippen LogP contribution < -0.4 is 5.32 Å². The first-order chi connectivity index (χ1) is 10.7. The average molecular weight is 301 g/mol. The predicted molar refractivity (Wildman–Crippen MR) is 89.0 cm³/mol. The van der Waals surface area contributed by atoms with E-state index in [1.807, 2.05) is 19.1 Å². The number of aromatic amines is 1. The molecule has 0 fully saturated rings. The molecular formula is C17H23N3O2. The second-order valence-corrected chi connectivity index (χ2v) is 5.21. The molecule has 0 saturated heterocycles. The van der Waals surface area contributed by atoms with Crippen LogP contribution in [0.15, 0.2) is 36.9 Å². The van der Waals surface area contributed by atoms with E-state index in [1.165, 1.54) is 15.8 Å². The minimum absolute atomic E-state index is 0.0528. The minimum Gasteiger partial charge on any atom is -0.395 e. The van der Waals surface area contributed by atoms with Crippen LogP contribution >= 0.6 is 0 Å². The van der Waals surface area contributed by atoms with Gasteiger partial charge < -0.3 is 20.3 Å². The van der Waals surface area contributed by atoms with Gasteiger partial charge in [-0.05, 0) is 25.0 Å². The first-order valence-electron chi connectivity index (χ1n) is 7.48. The predicted octanol–water partition coefficient (Wildman–Crippen LogP) is 2.21. The summed E-state index contributed by atoms with van der Waals surface area (Å²) in [5.74, 6) is 0. The average Bonchev–Trinajstić information content (AvgIpc) is 2.83. The summed E-state index contributed by atoms with van der Waals surface area (Å²) >= 11 is 0. The monoisotopic (exact) mass is 301 g/mol. The lowest BCUT2D eigenvalue weighted by atomic mass is 10.1. The molecular weight excluding hydrogens is 278 g/mol. The van der Waals surface area contributed by atoms with Crippen molar-refractivity contribution in [1.82, 2.24) is 15.2 Å². The van der Waals surface area contributed by atoms with E-state index in [2.05, 4.69) is 29.0 Å². The van der Waals surface area contributed by atoms with Gasteiger partial charge in [-0.2, -0.15) is 0 Å². The number of urea groups is 1. The summed E-state index contributed by atoms with van der Waals surface area (Å²) in [4.78, 5) is 16.9. The van der Waals surface area contributed by atoms with Crippen LogP contribution in [0.5, 0.6) is 0 Å². The highest BCUT2D eigenvalue weighted by Crippen LogP contribution is 2.21. The van der Waals surface area contributed by atoms with Crippen molar-refractivity contribution >= 4 is 16.9 Å². The van der Waals surface area contributed by atoms with Gasteiger partial charge >= 0.3 is 6.03 Å². The summed E-state index contributed by atoms with van der Waals surface area (Å²) < 4.78 is 0. The fourth-order valence-corrected chi connectivity index (χ4v) is 2.62. The van der Waals surface area contributed by atoms with Crippen LogP contribution in [-0.4, -0.2) is 47.3 Å². The minimum atomic E-state index is -0.175. The number of nitrogens with one attached hydrogen (secondary N) is 2. The third kappa shape index (κ3) is 3.68. The second kappa shape index (κ2) is 7.66. The number of carbonyl (C=O) groups excluding carboxylic acids is 1. The van der Waals surface area contributed by atoms with Gasteiger partial charge in [0.25, 0.3) is 0 Å². The molecule has 1 heterocycles. The smallest absolute Gasteiger partial charge is 0.317 e. The Morgan fingerprint density at radius 3 is 2.95 bits per heavy atom. The Labute approximate surface area is 130 Å². The van der Waals surface area contributed by atoms with Gasteiger partial charge in [0, 0.05) is 36.2 Å². The molecule has 1 aromatic carbocycles. The van der Waals surface area contributed by atoms with Crippen molar-refractivity contribution < 1.29 is 9.90 Å². The maximum absolute atomic E-state index is 12.0. The van der Waals surface area contributed by atoms with Crippen LogP contribution in [0.25, 0.3) is 10.9 Å². The molecule has 1 aromatic heterocycles. The van der Waals surface area contributed by atoms with E-state index in [9.17, 15) is 4.79 Å². The van der Waals surface area contributed by atoms with Gasteiger partial charge in [-0.15, -0.1) is 6.58 Å². The molecule has 0 aliphatic rings. The van der Waals surface area contributed by atoms with E-state index in [0.29, 0.717) is 19.6 Å². The zero-order valence-corrected chi connectivity index (χ0v) is 12.9. The first-order valence-corrected chi connectivity index (χ1v) is 7.48. The molecule has 118 valence electrons. The number of H-pyrrole nitrogens is 1. The fourth-order valence-electron chi connectivity index (χ4n) is 2.62. The number of hydrogen-bond acceptors (Lipinski definition) is 2. The van der Waals surface area contributed by atoms with Crippen LogP contribution in [0, 0.1) is 6.92 Å². The number of hydrogen-bond donors (Lipinski definition) is 3. The molecule has 0 aliphatic heterocycles. The number of rotatable bonds is 7. The summed E-state index contributed by atoms with van der Waals surface area (Å²) in [6, 6.07) is 7.99. The van der Waals surface area contributed by atoms with Gasteiger partial charge in [0.15, 0.2) is 0 Å². The third-order valence-electron chi connectivity index (χ3n) is 3.68. The number of carbonyl (C=O) groups is 1. The molecule has 3 N–H and O–H groups in total. The molecule has 2 aromatic rings. The molecule has 0 bridgehead atoms. The Morgan fingerprint density at radius 2 is 2.23 bits per heavy atom. The van der Waals surface area contributed by atoms with E-state index in [1.54, 1.807) is 6.08 Å². The Balaban J connectivity index is 1.96. The Morgan fingerprint density at radius 1 is 1.45 bits per heavy atom. The summed E-state index contributed by atoms with van der Waals surface area (Å²) in [7, 11) is 0. The highest BCUT2D eigenvalue weighted by molar-refractivity contribution is 5.84. The maximum Gasteiger partial charge on any atom is 0.317 e. The number of amides is 2. The van der Waals surface area contributed by atoms with Crippen molar-refractivity contribution in [2.45, 2.75) is 13.3 Å². The van der Waals surface area contributed by atoms with E-state index in [-0.39, 0.29) is 12.6 Å². The highest BCUT2D eigenvalue weighted by atomic mass is 16.3. The Bertz CT molecular complexity index is 648. The van der Waals surface area contributed by atoms with Gasteiger partial charge in [0.1, 0.15) is 0 Å². The highest BCUT2D eigenvalue weighted by Gasteiger charge is 2.12. The normalized spacial score (nSPS) is 10.6. The first kappa shape index (κ1) is 16.1. The number of aliphatic hydroxyl groups is 1. The summed E-state index contributed by atoms with van der Waals surface area (Å²) in [6.45, 7) is 6.91. The van der Waals surface area contributed by atoms with E-state index in [0.717, 1.165) is 17.6 Å². The van der Waals surface area contributed by atoms with Gasteiger partial charge in [-0.3, -0.25) is 0 Å². The number of aliphatic hydroxyl groups excluding tert-OH is 1. The molecule has 0 radical (unpaired) electrons. The second-order valence-electron chi connectivity index (χ2n) is 5.21. The number of aryl methyl sites for hydroxylation is 1. The van der Waals surface area contributed by atoms with Gasteiger partial charge in [0.2, 0.25) is 0 Å². The molecule has 0 aliphatic carbocycles. The van der Waals surface area contributed by atoms with Gasteiger partial charge in [-0.25, -0.2) is 4.79 Å². The molecule has 2 amide bonds. The zero-order chi connectivity index (χ0) is 15.9. The Kier molecular flexibility index (Phi) is 5.61. The van der Waals surface area contributed by atoms with Crippen molar-refractivity contribution in [2.24, 2.45) is 0 Å². The van der Waals surface area contributed by atoms with Gasteiger partial charge in [0.05, 0.1) is 6.61 Å².